The van der Waals surface area contributed by atoms with Crippen LogP contribution in [0.3, 0.4) is 0 Å². The number of nitrogens with zero attached hydrogens (tertiary/aromatic N) is 3. The van der Waals surface area contributed by atoms with Gasteiger partial charge in [-0.1, -0.05) is 56.7 Å². The molecule has 4 aromatic rings. The molecule has 0 radical (unpaired) electrons. The summed E-state index contributed by atoms with van der Waals surface area (Å²) in [5.41, 5.74) is 0.422. The number of sulfone groups is 1. The Morgan fingerprint density at radius 2 is 1.84 bits per heavy atom. The van der Waals surface area contributed by atoms with E-state index in [1.807, 2.05) is 13.8 Å². The highest BCUT2D eigenvalue weighted by molar-refractivity contribution is 7.91. The van der Waals surface area contributed by atoms with E-state index in [-0.39, 0.29) is 27.9 Å². The Bertz CT molecular complexity index is 1960. The molecule has 3 aromatic carbocycles. The van der Waals surface area contributed by atoms with Crippen LogP contribution >= 0.6 is 0 Å². The lowest BCUT2D eigenvalue weighted by Gasteiger charge is -2.23. The van der Waals surface area contributed by atoms with E-state index in [1.54, 1.807) is 30.3 Å². The number of nitriles is 1. The van der Waals surface area contributed by atoms with Gasteiger partial charge in [-0.05, 0) is 67.1 Å². The van der Waals surface area contributed by atoms with Crippen LogP contribution in [0.25, 0.3) is 11.1 Å². The lowest BCUT2D eigenvalue weighted by atomic mass is 10.0. The van der Waals surface area contributed by atoms with Gasteiger partial charge in [0.05, 0.1) is 28.1 Å². The number of aryl methyl sites for hydroxylation is 1. The number of aromatic hydroxyl groups is 1. The summed E-state index contributed by atoms with van der Waals surface area (Å²) < 4.78 is 44.4. The van der Waals surface area contributed by atoms with E-state index in [4.69, 9.17) is 0 Å². The molecule has 11 heteroatoms. The third-order valence-electron chi connectivity index (χ3n) is 7.88. The Hall–Kier alpha value is -4.82. The SMILES string of the molecule is CCCCc1nc(O)c(S(=O)(=O)c2ccc(-c3cccc(C(=O)NC4CC4)c3F)cc2)c(=O)n1[C@@H](CC)c1cccc(C#N)c1. The minimum Gasteiger partial charge on any atom is -0.492 e. The van der Waals surface area contributed by atoms with Crippen LogP contribution in [0.1, 0.15) is 79.3 Å². The Labute approximate surface area is 260 Å². The van der Waals surface area contributed by atoms with Crippen LogP contribution in [0, 0.1) is 17.1 Å². The molecule has 1 fully saturated rings. The first kappa shape index (κ1) is 31.6. The zero-order valence-electron chi connectivity index (χ0n) is 25.0. The predicted molar refractivity (Wildman–Crippen MR) is 166 cm³/mol. The Morgan fingerprint density at radius 1 is 1.13 bits per heavy atom. The lowest BCUT2D eigenvalue weighted by molar-refractivity contribution is 0.0947. The molecule has 1 amide bonds. The minimum atomic E-state index is -4.59. The number of halogens is 1. The average Bonchev–Trinajstić information content (AvgIpc) is 3.85. The summed E-state index contributed by atoms with van der Waals surface area (Å²) in [6, 6.07) is 17.9. The van der Waals surface area contributed by atoms with Crippen molar-refractivity contribution in [3.05, 3.63) is 105 Å². The number of benzene rings is 3. The van der Waals surface area contributed by atoms with Gasteiger partial charge in [0.15, 0.2) is 4.90 Å². The Morgan fingerprint density at radius 3 is 2.49 bits per heavy atom. The van der Waals surface area contributed by atoms with Gasteiger partial charge in [-0.3, -0.25) is 14.2 Å². The standard InChI is InChI=1S/C34H33FN4O5S/c1-3-5-12-29-38-33(41)31(34(42)39(29)28(4-2)23-9-6-8-21(19-23)20-36)45(43,44)25-17-13-22(14-18-25)26-10-7-11-27(30(26)35)32(40)37-24-15-16-24/h6-11,13-14,17-19,24,28,41H,3-5,12,15-16H2,1-2H3,(H,37,40)/t28-/m0/s1. The smallest absolute Gasteiger partial charge is 0.277 e. The maximum atomic E-state index is 15.4. The van der Waals surface area contributed by atoms with Gasteiger partial charge >= 0.3 is 0 Å². The molecular weight excluding hydrogens is 595 g/mol. The molecular formula is C34H33FN4O5S. The van der Waals surface area contributed by atoms with Gasteiger partial charge in [-0.2, -0.15) is 10.2 Å². The highest BCUT2D eigenvalue weighted by atomic mass is 32.2. The molecule has 0 bridgehead atoms. The first-order valence-corrected chi connectivity index (χ1v) is 16.4. The van der Waals surface area contributed by atoms with E-state index in [1.165, 1.54) is 41.0 Å². The third-order valence-corrected chi connectivity index (χ3v) is 9.67. The minimum absolute atomic E-state index is 0.0524. The largest absolute Gasteiger partial charge is 0.492 e. The van der Waals surface area contributed by atoms with E-state index in [0.29, 0.717) is 36.0 Å². The summed E-state index contributed by atoms with van der Waals surface area (Å²) in [7, 11) is -4.59. The highest BCUT2D eigenvalue weighted by Gasteiger charge is 2.32. The zero-order chi connectivity index (χ0) is 32.3. The molecule has 232 valence electrons. The molecule has 1 aliphatic rings. The van der Waals surface area contributed by atoms with Gasteiger partial charge < -0.3 is 10.4 Å². The van der Waals surface area contributed by atoms with Gasteiger partial charge in [-0.25, -0.2) is 12.8 Å². The molecule has 2 N–H and O–H groups in total. The van der Waals surface area contributed by atoms with E-state index >= 15 is 4.39 Å². The van der Waals surface area contributed by atoms with Gasteiger partial charge in [0, 0.05) is 18.0 Å². The highest BCUT2D eigenvalue weighted by Crippen LogP contribution is 2.32. The van der Waals surface area contributed by atoms with Crippen LogP contribution in [0.4, 0.5) is 4.39 Å². The Kier molecular flexibility index (Phi) is 9.16. The normalized spacial score (nSPS) is 13.6. The number of carbonyl (C=O) groups excluding carboxylic acids is 1. The van der Waals surface area contributed by atoms with Crippen LogP contribution < -0.4 is 10.9 Å². The zero-order valence-corrected chi connectivity index (χ0v) is 25.8. The van der Waals surface area contributed by atoms with Crippen molar-refractivity contribution in [2.75, 3.05) is 0 Å². The van der Waals surface area contributed by atoms with Crippen molar-refractivity contribution in [2.24, 2.45) is 0 Å². The molecule has 9 nitrogen and oxygen atoms in total. The molecule has 45 heavy (non-hydrogen) atoms. The first-order valence-electron chi connectivity index (χ1n) is 14.9. The number of nitrogens with one attached hydrogen (secondary N) is 1. The summed E-state index contributed by atoms with van der Waals surface area (Å²) in [6.07, 6.45) is 3.85. The summed E-state index contributed by atoms with van der Waals surface area (Å²) in [4.78, 5) is 29.6. The number of hydrogen-bond donors (Lipinski definition) is 2. The number of rotatable bonds is 11. The second-order valence-corrected chi connectivity index (χ2v) is 12.9. The van der Waals surface area contributed by atoms with E-state index in [9.17, 15) is 28.4 Å². The van der Waals surface area contributed by atoms with Gasteiger partial charge in [0.25, 0.3) is 11.5 Å². The molecule has 1 aromatic heterocycles. The molecule has 0 unspecified atom stereocenters. The molecule has 1 saturated carbocycles. The monoisotopic (exact) mass is 628 g/mol. The number of hydrogen-bond acceptors (Lipinski definition) is 7. The molecule has 5 rings (SSSR count). The lowest BCUT2D eigenvalue weighted by Crippen LogP contribution is -2.33. The van der Waals surface area contributed by atoms with E-state index < -0.39 is 43.9 Å². The summed E-state index contributed by atoms with van der Waals surface area (Å²) in [5.74, 6) is -1.90. The maximum absolute atomic E-state index is 15.4. The molecule has 1 heterocycles. The van der Waals surface area contributed by atoms with Crippen LogP contribution in [0.5, 0.6) is 5.88 Å². The third kappa shape index (κ3) is 6.37. The number of carbonyl (C=O) groups is 1. The fourth-order valence-electron chi connectivity index (χ4n) is 5.35. The van der Waals surface area contributed by atoms with Crippen LogP contribution in [-0.4, -0.2) is 35.0 Å². The van der Waals surface area contributed by atoms with Crippen LogP contribution in [-0.2, 0) is 16.3 Å². The molecule has 0 saturated heterocycles. The number of unbranched alkanes of at least 4 members (excludes halogenated alkanes) is 1. The fourth-order valence-corrected chi connectivity index (χ4v) is 6.70. The predicted octanol–water partition coefficient (Wildman–Crippen LogP) is 5.69. The quantitative estimate of drug-likeness (QED) is 0.217. The van der Waals surface area contributed by atoms with Crippen molar-refractivity contribution in [2.45, 2.75) is 74.2 Å². The molecule has 0 aliphatic heterocycles. The first-order chi connectivity index (χ1) is 21.6. The second-order valence-electron chi connectivity index (χ2n) is 11.1. The number of amides is 1. The topological polar surface area (TPSA) is 142 Å². The summed E-state index contributed by atoms with van der Waals surface area (Å²) >= 11 is 0. The number of aromatic nitrogens is 2. The van der Waals surface area contributed by atoms with Gasteiger partial charge in [0.1, 0.15) is 11.6 Å². The van der Waals surface area contributed by atoms with Gasteiger partial charge in [-0.15, -0.1) is 0 Å². The van der Waals surface area contributed by atoms with Crippen LogP contribution in [0.2, 0.25) is 0 Å². The summed E-state index contributed by atoms with van der Waals surface area (Å²) in [5, 5.41) is 23.1. The van der Waals surface area contributed by atoms with Gasteiger partial charge in [0.2, 0.25) is 15.7 Å². The van der Waals surface area contributed by atoms with Crippen molar-refractivity contribution in [1.29, 1.82) is 5.26 Å². The molecule has 1 aliphatic carbocycles. The molecule has 1 atom stereocenters. The Balaban J connectivity index is 1.57. The fraction of sp³-hybridized carbons (Fsp3) is 0.294. The van der Waals surface area contributed by atoms with Crippen molar-refractivity contribution in [1.82, 2.24) is 14.9 Å². The average molecular weight is 629 g/mol. The summed E-state index contributed by atoms with van der Waals surface area (Å²) in [6.45, 7) is 3.80. The van der Waals surface area contributed by atoms with E-state index in [2.05, 4.69) is 16.4 Å². The van der Waals surface area contributed by atoms with Crippen molar-refractivity contribution >= 4 is 15.7 Å². The van der Waals surface area contributed by atoms with Crippen molar-refractivity contribution in [3.63, 3.8) is 0 Å². The van der Waals surface area contributed by atoms with Crippen molar-refractivity contribution < 1.29 is 22.7 Å². The maximum Gasteiger partial charge on any atom is 0.277 e. The molecule has 0 spiro atoms. The second kappa shape index (κ2) is 13.0. The van der Waals surface area contributed by atoms with Crippen molar-refractivity contribution in [3.8, 4) is 23.1 Å². The van der Waals surface area contributed by atoms with Crippen LogP contribution in [0.15, 0.2) is 81.3 Å². The van der Waals surface area contributed by atoms with E-state index in [0.717, 1.165) is 19.3 Å².